The van der Waals surface area contributed by atoms with Crippen molar-refractivity contribution >= 4 is 29.2 Å². The van der Waals surface area contributed by atoms with E-state index >= 15 is 0 Å². The molecular formula is C20H24N2O5S. The first-order valence-corrected chi connectivity index (χ1v) is 9.76. The molecule has 0 bridgehead atoms. The Balaban J connectivity index is 1.99. The molecule has 0 aliphatic rings. The van der Waals surface area contributed by atoms with Crippen molar-refractivity contribution in [2.75, 3.05) is 13.7 Å². The number of methoxy groups -OCH3 is 1. The van der Waals surface area contributed by atoms with Crippen molar-refractivity contribution in [2.24, 2.45) is 5.92 Å². The summed E-state index contributed by atoms with van der Waals surface area (Å²) in [6.07, 6.45) is 0.683. The van der Waals surface area contributed by atoms with Crippen LogP contribution < -0.4 is 5.32 Å². The summed E-state index contributed by atoms with van der Waals surface area (Å²) in [5.74, 6) is -1.82. The number of hydrogen-bond acceptors (Lipinski definition) is 7. The van der Waals surface area contributed by atoms with Crippen LogP contribution in [0, 0.1) is 12.8 Å². The second-order valence-corrected chi connectivity index (χ2v) is 7.33. The topological polar surface area (TPSA) is 94.6 Å². The monoisotopic (exact) mass is 404 g/mol. The second-order valence-electron chi connectivity index (χ2n) is 6.33. The van der Waals surface area contributed by atoms with Crippen molar-refractivity contribution in [3.8, 4) is 10.6 Å². The van der Waals surface area contributed by atoms with Crippen LogP contribution in [0.2, 0.25) is 0 Å². The summed E-state index contributed by atoms with van der Waals surface area (Å²) in [4.78, 5) is 41.1. The number of benzene rings is 1. The molecule has 2 atom stereocenters. The Hall–Kier alpha value is -2.74. The third-order valence-electron chi connectivity index (χ3n) is 4.32. The average molecular weight is 404 g/mol. The minimum Gasteiger partial charge on any atom is -0.467 e. The molecule has 8 heteroatoms. The maximum absolute atomic E-state index is 12.4. The van der Waals surface area contributed by atoms with E-state index in [-0.39, 0.29) is 5.92 Å². The smallest absolute Gasteiger partial charge is 0.350 e. The van der Waals surface area contributed by atoms with E-state index in [0.717, 1.165) is 5.56 Å². The Kier molecular flexibility index (Phi) is 7.69. The minimum absolute atomic E-state index is 0.107. The van der Waals surface area contributed by atoms with Crippen LogP contribution >= 0.6 is 11.3 Å². The van der Waals surface area contributed by atoms with Crippen molar-refractivity contribution in [2.45, 2.75) is 33.2 Å². The average Bonchev–Trinajstić information content (AvgIpc) is 3.11. The molecule has 0 saturated heterocycles. The zero-order valence-corrected chi connectivity index (χ0v) is 17.2. The lowest BCUT2D eigenvalue weighted by atomic mass is 9.99. The molecule has 1 heterocycles. The predicted octanol–water partition coefficient (Wildman–Crippen LogP) is 2.98. The largest absolute Gasteiger partial charge is 0.467 e. The maximum atomic E-state index is 12.4. The molecule has 0 aliphatic carbocycles. The zero-order valence-electron chi connectivity index (χ0n) is 16.4. The molecule has 150 valence electrons. The van der Waals surface area contributed by atoms with E-state index in [4.69, 9.17) is 9.47 Å². The van der Waals surface area contributed by atoms with Gasteiger partial charge in [-0.15, -0.1) is 11.3 Å². The van der Waals surface area contributed by atoms with Crippen molar-refractivity contribution in [3.63, 3.8) is 0 Å². The molecule has 1 aromatic heterocycles. The first-order valence-electron chi connectivity index (χ1n) is 8.94. The normalized spacial score (nSPS) is 12.7. The number of ether oxygens (including phenoxy) is 2. The molecule has 0 aliphatic heterocycles. The number of carbonyl (C=O) groups is 3. The Bertz CT molecular complexity index is 834. The van der Waals surface area contributed by atoms with Gasteiger partial charge in [0.25, 0.3) is 5.91 Å². The number of esters is 2. The summed E-state index contributed by atoms with van der Waals surface area (Å²) >= 11 is 1.21. The number of nitrogens with one attached hydrogen (secondary N) is 1. The van der Waals surface area contributed by atoms with Crippen LogP contribution in [-0.2, 0) is 19.1 Å². The van der Waals surface area contributed by atoms with Crippen LogP contribution in [0.15, 0.2) is 30.3 Å². The van der Waals surface area contributed by atoms with Crippen LogP contribution in [0.4, 0.5) is 0 Å². The van der Waals surface area contributed by atoms with Gasteiger partial charge in [0.15, 0.2) is 6.61 Å². The predicted molar refractivity (Wildman–Crippen MR) is 106 cm³/mol. The fraction of sp³-hybridized carbons (Fsp3) is 0.400. The van der Waals surface area contributed by atoms with Crippen LogP contribution in [0.5, 0.6) is 0 Å². The van der Waals surface area contributed by atoms with Gasteiger partial charge in [-0.05, 0) is 12.8 Å². The highest BCUT2D eigenvalue weighted by molar-refractivity contribution is 7.17. The molecule has 0 radical (unpaired) electrons. The number of rotatable bonds is 8. The Morgan fingerprint density at radius 2 is 1.89 bits per heavy atom. The summed E-state index contributed by atoms with van der Waals surface area (Å²) in [5.41, 5.74) is 1.45. The lowest BCUT2D eigenvalue weighted by Crippen LogP contribution is -2.47. The Morgan fingerprint density at radius 3 is 2.50 bits per heavy atom. The number of carbonyl (C=O) groups excluding carboxylic acids is 3. The van der Waals surface area contributed by atoms with E-state index in [9.17, 15) is 14.4 Å². The van der Waals surface area contributed by atoms with Gasteiger partial charge in [-0.25, -0.2) is 14.6 Å². The molecule has 2 rings (SSSR count). The molecule has 0 spiro atoms. The molecule has 0 unspecified atom stereocenters. The first-order chi connectivity index (χ1) is 13.4. The molecule has 2 aromatic rings. The number of hydrogen-bond donors (Lipinski definition) is 1. The highest BCUT2D eigenvalue weighted by atomic mass is 32.1. The first kappa shape index (κ1) is 21.6. The molecule has 28 heavy (non-hydrogen) atoms. The number of amides is 1. The lowest BCUT2D eigenvalue weighted by Gasteiger charge is -2.21. The number of aryl methyl sites for hydroxylation is 1. The van der Waals surface area contributed by atoms with Gasteiger partial charge in [0.2, 0.25) is 0 Å². The molecule has 7 nitrogen and oxygen atoms in total. The fourth-order valence-electron chi connectivity index (χ4n) is 2.50. The Labute approximate surface area is 168 Å². The second kappa shape index (κ2) is 9.98. The van der Waals surface area contributed by atoms with Crippen molar-refractivity contribution < 1.29 is 23.9 Å². The zero-order chi connectivity index (χ0) is 20.7. The van der Waals surface area contributed by atoms with Gasteiger partial charge in [0, 0.05) is 5.56 Å². The van der Waals surface area contributed by atoms with E-state index in [2.05, 4.69) is 10.3 Å². The molecule has 0 saturated carbocycles. The number of nitrogens with zero attached hydrogens (tertiary/aromatic N) is 1. The highest BCUT2D eigenvalue weighted by Gasteiger charge is 2.27. The van der Waals surface area contributed by atoms with Gasteiger partial charge in [0.1, 0.15) is 15.9 Å². The van der Waals surface area contributed by atoms with Gasteiger partial charge < -0.3 is 14.8 Å². The minimum atomic E-state index is -0.781. The van der Waals surface area contributed by atoms with E-state index in [1.807, 2.05) is 44.2 Å². The van der Waals surface area contributed by atoms with Crippen molar-refractivity contribution in [1.82, 2.24) is 10.3 Å². The van der Waals surface area contributed by atoms with Gasteiger partial charge in [-0.3, -0.25) is 4.79 Å². The van der Waals surface area contributed by atoms with Crippen LogP contribution in [0.3, 0.4) is 0 Å². The Morgan fingerprint density at radius 1 is 1.21 bits per heavy atom. The third-order valence-corrected chi connectivity index (χ3v) is 5.51. The van der Waals surface area contributed by atoms with E-state index in [0.29, 0.717) is 22.0 Å². The quantitative estimate of drug-likeness (QED) is 0.680. The lowest BCUT2D eigenvalue weighted by molar-refractivity contribution is -0.147. The van der Waals surface area contributed by atoms with Crippen molar-refractivity contribution in [3.05, 3.63) is 40.9 Å². The van der Waals surface area contributed by atoms with E-state index in [1.54, 1.807) is 6.92 Å². The molecule has 1 aromatic carbocycles. The number of thiazole rings is 1. The SMILES string of the molecule is CC[C@H](C)[C@H](NC(=O)COC(=O)c1sc(-c2ccccc2)nc1C)C(=O)OC. The summed E-state index contributed by atoms with van der Waals surface area (Å²) in [6, 6.07) is 8.72. The van der Waals surface area contributed by atoms with Crippen LogP contribution in [0.1, 0.15) is 35.6 Å². The fourth-order valence-corrected chi connectivity index (χ4v) is 3.46. The summed E-state index contributed by atoms with van der Waals surface area (Å²) < 4.78 is 9.84. The number of aromatic nitrogens is 1. The molecule has 0 fully saturated rings. The highest BCUT2D eigenvalue weighted by Crippen LogP contribution is 2.28. The third kappa shape index (κ3) is 5.39. The summed E-state index contributed by atoms with van der Waals surface area (Å²) in [6.45, 7) is 4.97. The van der Waals surface area contributed by atoms with E-state index < -0.39 is 30.5 Å². The van der Waals surface area contributed by atoms with Crippen molar-refractivity contribution in [1.29, 1.82) is 0 Å². The van der Waals surface area contributed by atoms with Gasteiger partial charge in [0.05, 0.1) is 12.8 Å². The van der Waals surface area contributed by atoms with Crippen LogP contribution in [0.25, 0.3) is 10.6 Å². The maximum Gasteiger partial charge on any atom is 0.350 e. The summed E-state index contributed by atoms with van der Waals surface area (Å²) in [5, 5.41) is 3.27. The van der Waals surface area contributed by atoms with E-state index in [1.165, 1.54) is 18.4 Å². The molecule has 1 N–H and O–H groups in total. The molecule has 1 amide bonds. The molecular weight excluding hydrogens is 380 g/mol. The van der Waals surface area contributed by atoms with Gasteiger partial charge >= 0.3 is 11.9 Å². The standard InChI is InChI=1S/C20H24N2O5S/c1-5-12(2)16(19(24)26-4)22-15(23)11-27-20(25)17-13(3)21-18(28-17)14-9-7-6-8-10-14/h6-10,12,16H,5,11H2,1-4H3,(H,22,23)/t12-,16-/m0/s1. The van der Waals surface area contributed by atoms with Gasteiger partial charge in [-0.2, -0.15) is 0 Å². The van der Waals surface area contributed by atoms with Gasteiger partial charge in [-0.1, -0.05) is 50.6 Å². The summed E-state index contributed by atoms with van der Waals surface area (Å²) in [7, 11) is 1.26. The van der Waals surface area contributed by atoms with Crippen LogP contribution in [-0.4, -0.2) is 42.6 Å².